The van der Waals surface area contributed by atoms with E-state index in [0.29, 0.717) is 13.1 Å². The van der Waals surface area contributed by atoms with Crippen molar-refractivity contribution in [3.8, 4) is 0 Å². The minimum Gasteiger partial charge on any atom is -0.373 e. The molecule has 3 atom stereocenters. The minimum atomic E-state index is -3.15. The molecule has 0 aromatic heterocycles. The summed E-state index contributed by atoms with van der Waals surface area (Å²) in [4.78, 5) is 4.29. The lowest BCUT2D eigenvalue weighted by Gasteiger charge is -2.38. The van der Waals surface area contributed by atoms with Gasteiger partial charge in [0.05, 0.1) is 18.0 Å². The third kappa shape index (κ3) is 4.89. The Morgan fingerprint density at radius 3 is 2.41 bits per heavy atom. The molecule has 0 amide bonds. The Kier molecular flexibility index (Phi) is 6.24. The Balaban J connectivity index is 1.95. The first-order chi connectivity index (χ1) is 10.3. The van der Waals surface area contributed by atoms with Crippen LogP contribution in [0.25, 0.3) is 0 Å². The smallest absolute Gasteiger partial charge is 0.215 e. The predicted octanol–water partition coefficient (Wildman–Crippen LogP) is 0.451. The zero-order valence-electron chi connectivity index (χ0n) is 14.4. The van der Waals surface area contributed by atoms with Crippen LogP contribution in [0.3, 0.4) is 0 Å². The topological polar surface area (TPSA) is 53.1 Å². The van der Waals surface area contributed by atoms with E-state index in [-0.39, 0.29) is 24.0 Å². The van der Waals surface area contributed by atoms with Crippen LogP contribution >= 0.6 is 0 Å². The van der Waals surface area contributed by atoms with Crippen LogP contribution in [0.5, 0.6) is 0 Å². The van der Waals surface area contributed by atoms with Crippen LogP contribution in [-0.2, 0) is 14.8 Å². The molecule has 7 heteroatoms. The van der Waals surface area contributed by atoms with E-state index in [1.165, 1.54) is 0 Å². The first-order valence-electron chi connectivity index (χ1n) is 8.30. The molecule has 0 spiro atoms. The van der Waals surface area contributed by atoms with Gasteiger partial charge in [-0.05, 0) is 40.8 Å². The molecule has 2 saturated heterocycles. The van der Waals surface area contributed by atoms with Gasteiger partial charge in [0, 0.05) is 38.8 Å². The summed E-state index contributed by atoms with van der Waals surface area (Å²) in [5.74, 6) is 0.215. The van der Waals surface area contributed by atoms with Crippen molar-refractivity contribution in [3.63, 3.8) is 0 Å². The van der Waals surface area contributed by atoms with Gasteiger partial charge in [-0.3, -0.25) is 4.90 Å². The summed E-state index contributed by atoms with van der Waals surface area (Å²) in [6.07, 6.45) is 2.40. The summed E-state index contributed by atoms with van der Waals surface area (Å²) in [5, 5.41) is 0. The van der Waals surface area contributed by atoms with E-state index in [2.05, 4.69) is 18.7 Å². The fourth-order valence-corrected chi connectivity index (χ4v) is 5.37. The predicted molar refractivity (Wildman–Crippen MR) is 88.5 cm³/mol. The van der Waals surface area contributed by atoms with Crippen LogP contribution in [0.1, 0.15) is 26.7 Å². The zero-order chi connectivity index (χ0) is 16.3. The molecule has 0 saturated carbocycles. The molecule has 0 bridgehead atoms. The molecule has 22 heavy (non-hydrogen) atoms. The summed E-state index contributed by atoms with van der Waals surface area (Å²) < 4.78 is 32.7. The van der Waals surface area contributed by atoms with Crippen molar-refractivity contribution in [2.24, 2.45) is 0 Å². The van der Waals surface area contributed by atoms with Gasteiger partial charge in [0.15, 0.2) is 0 Å². The molecule has 2 heterocycles. The molecular formula is C15H31N3O3S. The average Bonchev–Trinajstić information content (AvgIpc) is 2.84. The molecule has 2 aliphatic heterocycles. The van der Waals surface area contributed by atoms with Crippen LogP contribution in [0, 0.1) is 0 Å². The Morgan fingerprint density at radius 1 is 1.18 bits per heavy atom. The quantitative estimate of drug-likeness (QED) is 0.706. The lowest BCUT2D eigenvalue weighted by Crippen LogP contribution is -2.51. The molecular weight excluding hydrogens is 302 g/mol. The summed E-state index contributed by atoms with van der Waals surface area (Å²) in [7, 11) is 0.672. The summed E-state index contributed by atoms with van der Waals surface area (Å²) in [6, 6.07) is 0.129. The van der Waals surface area contributed by atoms with E-state index in [1.807, 2.05) is 19.0 Å². The molecule has 0 unspecified atom stereocenters. The molecule has 0 aromatic rings. The van der Waals surface area contributed by atoms with Crippen molar-refractivity contribution in [1.29, 1.82) is 0 Å². The van der Waals surface area contributed by atoms with Crippen molar-refractivity contribution >= 4 is 10.0 Å². The molecule has 0 aliphatic carbocycles. The summed E-state index contributed by atoms with van der Waals surface area (Å²) >= 11 is 0. The maximum Gasteiger partial charge on any atom is 0.215 e. The number of hydrogen-bond acceptors (Lipinski definition) is 5. The maximum atomic E-state index is 12.6. The van der Waals surface area contributed by atoms with Crippen molar-refractivity contribution < 1.29 is 13.2 Å². The van der Waals surface area contributed by atoms with E-state index < -0.39 is 10.0 Å². The normalized spacial score (nSPS) is 32.0. The Labute approximate surface area is 135 Å². The molecule has 0 N–H and O–H groups in total. The van der Waals surface area contributed by atoms with Crippen LogP contribution in [-0.4, -0.2) is 93.3 Å². The molecule has 2 aliphatic rings. The van der Waals surface area contributed by atoms with Crippen molar-refractivity contribution in [3.05, 3.63) is 0 Å². The zero-order valence-corrected chi connectivity index (χ0v) is 15.2. The Morgan fingerprint density at radius 2 is 1.82 bits per heavy atom. The van der Waals surface area contributed by atoms with Crippen LogP contribution < -0.4 is 0 Å². The lowest BCUT2D eigenvalue weighted by molar-refractivity contribution is -0.0707. The van der Waals surface area contributed by atoms with Gasteiger partial charge in [-0.2, -0.15) is 4.31 Å². The van der Waals surface area contributed by atoms with Gasteiger partial charge in [0.25, 0.3) is 0 Å². The SMILES string of the molecule is C[C@@H]1CN(C[C@@H]2CCCN2S(=O)(=O)CCN(C)C)C[C@H](C)O1. The molecule has 2 rings (SSSR count). The first kappa shape index (κ1) is 18.1. The minimum absolute atomic E-state index is 0.129. The fraction of sp³-hybridized carbons (Fsp3) is 1.00. The second-order valence-corrected chi connectivity index (χ2v) is 9.04. The number of rotatable bonds is 6. The van der Waals surface area contributed by atoms with E-state index in [0.717, 1.165) is 32.5 Å². The number of sulfonamides is 1. The van der Waals surface area contributed by atoms with Crippen molar-refractivity contribution in [2.45, 2.75) is 44.9 Å². The standard InChI is InChI=1S/C15H31N3O3S/c1-13-10-17(11-14(2)21-13)12-15-6-5-7-18(15)22(19,20)9-8-16(3)4/h13-15H,5-12H2,1-4H3/t13-,14+,15-/m0/s1. The second-order valence-electron chi connectivity index (χ2n) is 7.00. The van der Waals surface area contributed by atoms with Gasteiger partial charge in [0.1, 0.15) is 0 Å². The highest BCUT2D eigenvalue weighted by atomic mass is 32.2. The van der Waals surface area contributed by atoms with Gasteiger partial charge in [-0.15, -0.1) is 0 Å². The van der Waals surface area contributed by atoms with Crippen LogP contribution in [0.4, 0.5) is 0 Å². The second kappa shape index (κ2) is 7.57. The van der Waals surface area contributed by atoms with E-state index in [4.69, 9.17) is 4.74 Å². The summed E-state index contributed by atoms with van der Waals surface area (Å²) in [5.41, 5.74) is 0. The first-order valence-corrected chi connectivity index (χ1v) is 9.91. The molecule has 0 aromatic carbocycles. The average molecular weight is 333 g/mol. The van der Waals surface area contributed by atoms with Crippen LogP contribution in [0.15, 0.2) is 0 Å². The fourth-order valence-electron chi connectivity index (χ4n) is 3.50. The third-order valence-electron chi connectivity index (χ3n) is 4.44. The largest absolute Gasteiger partial charge is 0.373 e. The van der Waals surface area contributed by atoms with E-state index in [9.17, 15) is 8.42 Å². The monoisotopic (exact) mass is 333 g/mol. The van der Waals surface area contributed by atoms with Crippen molar-refractivity contribution in [2.75, 3.05) is 52.6 Å². The van der Waals surface area contributed by atoms with Gasteiger partial charge in [-0.1, -0.05) is 0 Å². The molecule has 130 valence electrons. The molecule has 2 fully saturated rings. The number of ether oxygens (including phenoxy) is 1. The van der Waals surface area contributed by atoms with E-state index in [1.54, 1.807) is 4.31 Å². The van der Waals surface area contributed by atoms with Crippen molar-refractivity contribution in [1.82, 2.24) is 14.1 Å². The Bertz CT molecular complexity index is 445. The lowest BCUT2D eigenvalue weighted by atomic mass is 10.1. The Hall–Kier alpha value is -0.210. The number of hydrogen-bond donors (Lipinski definition) is 0. The molecule has 6 nitrogen and oxygen atoms in total. The highest BCUT2D eigenvalue weighted by Crippen LogP contribution is 2.23. The third-order valence-corrected chi connectivity index (χ3v) is 6.33. The molecule has 0 radical (unpaired) electrons. The highest BCUT2D eigenvalue weighted by molar-refractivity contribution is 7.89. The van der Waals surface area contributed by atoms with Gasteiger partial charge < -0.3 is 9.64 Å². The van der Waals surface area contributed by atoms with Gasteiger partial charge >= 0.3 is 0 Å². The maximum absolute atomic E-state index is 12.6. The highest BCUT2D eigenvalue weighted by Gasteiger charge is 2.36. The number of morpholine rings is 1. The summed E-state index contributed by atoms with van der Waals surface area (Å²) in [6.45, 7) is 8.05. The van der Waals surface area contributed by atoms with Gasteiger partial charge in [-0.25, -0.2) is 8.42 Å². The van der Waals surface area contributed by atoms with E-state index >= 15 is 0 Å². The number of nitrogens with zero attached hydrogens (tertiary/aromatic N) is 3. The van der Waals surface area contributed by atoms with Crippen LogP contribution in [0.2, 0.25) is 0 Å². The van der Waals surface area contributed by atoms with Gasteiger partial charge in [0.2, 0.25) is 10.0 Å².